The first-order chi connectivity index (χ1) is 13.0. The van der Waals surface area contributed by atoms with Crippen LogP contribution in [0, 0.1) is 6.92 Å². The SMILES string of the molecule is CN=C(NCc1noc(C)n1)N1CCN(Cc2ccc(C(C)C)cc2)CC1.I. The zero-order chi connectivity index (χ0) is 19.2. The minimum Gasteiger partial charge on any atom is -0.349 e. The van der Waals surface area contributed by atoms with Gasteiger partial charge in [0.1, 0.15) is 0 Å². The lowest BCUT2D eigenvalue weighted by atomic mass is 10.0. The molecule has 0 bridgehead atoms. The number of nitrogens with zero attached hydrogens (tertiary/aromatic N) is 5. The van der Waals surface area contributed by atoms with Gasteiger partial charge in [-0.2, -0.15) is 4.98 Å². The van der Waals surface area contributed by atoms with E-state index >= 15 is 0 Å². The molecular weight excluding hydrogens is 467 g/mol. The lowest BCUT2D eigenvalue weighted by molar-refractivity contribution is 0.172. The number of aromatic nitrogens is 2. The van der Waals surface area contributed by atoms with E-state index < -0.39 is 0 Å². The Morgan fingerprint density at radius 2 is 1.86 bits per heavy atom. The first-order valence-corrected chi connectivity index (χ1v) is 9.61. The van der Waals surface area contributed by atoms with Gasteiger partial charge in [-0.1, -0.05) is 43.3 Å². The number of guanidine groups is 1. The average Bonchev–Trinajstić information content (AvgIpc) is 3.09. The molecule has 1 aromatic heterocycles. The molecule has 0 atom stereocenters. The van der Waals surface area contributed by atoms with Crippen LogP contribution in [-0.4, -0.2) is 59.1 Å². The van der Waals surface area contributed by atoms with Crippen molar-refractivity contribution in [3.8, 4) is 0 Å². The van der Waals surface area contributed by atoms with Crippen LogP contribution in [0.3, 0.4) is 0 Å². The summed E-state index contributed by atoms with van der Waals surface area (Å²) in [5.74, 6) is 2.70. The highest BCUT2D eigenvalue weighted by Gasteiger charge is 2.20. The lowest BCUT2D eigenvalue weighted by Gasteiger charge is -2.36. The van der Waals surface area contributed by atoms with E-state index in [1.165, 1.54) is 11.1 Å². The van der Waals surface area contributed by atoms with Crippen LogP contribution >= 0.6 is 24.0 Å². The standard InChI is InChI=1S/C20H30N6O.HI/c1-15(2)18-7-5-17(6-8-18)14-25-9-11-26(12-10-25)20(21-4)22-13-19-23-16(3)27-24-19;/h5-8,15H,9-14H2,1-4H3,(H,21,22);1H. The van der Waals surface area contributed by atoms with Crippen LogP contribution in [0.2, 0.25) is 0 Å². The molecule has 0 amide bonds. The normalized spacial score (nSPS) is 15.6. The van der Waals surface area contributed by atoms with Crippen molar-refractivity contribution in [3.63, 3.8) is 0 Å². The van der Waals surface area contributed by atoms with E-state index in [1.54, 1.807) is 6.92 Å². The molecule has 1 saturated heterocycles. The summed E-state index contributed by atoms with van der Waals surface area (Å²) in [6, 6.07) is 9.02. The van der Waals surface area contributed by atoms with E-state index in [2.05, 4.69) is 68.4 Å². The quantitative estimate of drug-likeness (QED) is 0.389. The molecule has 1 fully saturated rings. The average molecular weight is 498 g/mol. The number of benzene rings is 1. The second kappa shape index (κ2) is 10.8. The van der Waals surface area contributed by atoms with Crippen LogP contribution in [0.5, 0.6) is 0 Å². The maximum absolute atomic E-state index is 5.01. The number of rotatable bonds is 5. The lowest BCUT2D eigenvalue weighted by Crippen LogP contribution is -2.52. The Bertz CT molecular complexity index is 750. The summed E-state index contributed by atoms with van der Waals surface area (Å²) in [6.45, 7) is 11.7. The zero-order valence-electron chi connectivity index (χ0n) is 17.2. The van der Waals surface area contributed by atoms with E-state index in [1.807, 2.05) is 7.05 Å². The maximum Gasteiger partial charge on any atom is 0.223 e. The fourth-order valence-electron chi connectivity index (χ4n) is 3.29. The van der Waals surface area contributed by atoms with Crippen molar-refractivity contribution >= 4 is 29.9 Å². The number of hydrogen-bond acceptors (Lipinski definition) is 5. The van der Waals surface area contributed by atoms with E-state index in [0.717, 1.165) is 38.7 Å². The first kappa shape index (κ1) is 22.6. The Kier molecular flexibility index (Phi) is 8.68. The molecule has 0 spiro atoms. The van der Waals surface area contributed by atoms with Gasteiger partial charge in [0.15, 0.2) is 11.8 Å². The molecule has 28 heavy (non-hydrogen) atoms. The third kappa shape index (κ3) is 6.16. The van der Waals surface area contributed by atoms with Gasteiger partial charge < -0.3 is 14.7 Å². The third-order valence-electron chi connectivity index (χ3n) is 4.91. The van der Waals surface area contributed by atoms with Crippen molar-refractivity contribution in [3.05, 3.63) is 47.1 Å². The molecule has 0 unspecified atom stereocenters. The molecule has 3 rings (SSSR count). The molecule has 1 aromatic carbocycles. The number of halogens is 1. The summed E-state index contributed by atoms with van der Waals surface area (Å²) < 4.78 is 5.01. The molecular formula is C20H31IN6O. The molecule has 0 radical (unpaired) electrons. The van der Waals surface area contributed by atoms with Gasteiger partial charge in [-0.25, -0.2) is 0 Å². The Morgan fingerprint density at radius 3 is 2.39 bits per heavy atom. The highest BCUT2D eigenvalue weighted by atomic mass is 127. The summed E-state index contributed by atoms with van der Waals surface area (Å²) in [5, 5.41) is 7.24. The van der Waals surface area contributed by atoms with Crippen molar-refractivity contribution in [2.24, 2.45) is 4.99 Å². The number of aliphatic imine (C=N–C) groups is 1. The van der Waals surface area contributed by atoms with Gasteiger partial charge in [0.25, 0.3) is 0 Å². The predicted molar refractivity (Wildman–Crippen MR) is 122 cm³/mol. The van der Waals surface area contributed by atoms with Crippen molar-refractivity contribution in [1.29, 1.82) is 0 Å². The fraction of sp³-hybridized carbons (Fsp3) is 0.550. The number of aryl methyl sites for hydroxylation is 1. The second-order valence-electron chi connectivity index (χ2n) is 7.29. The maximum atomic E-state index is 5.01. The number of hydrogen-bond donors (Lipinski definition) is 1. The van der Waals surface area contributed by atoms with Gasteiger partial charge in [-0.15, -0.1) is 24.0 Å². The number of nitrogens with one attached hydrogen (secondary N) is 1. The second-order valence-corrected chi connectivity index (χ2v) is 7.29. The largest absolute Gasteiger partial charge is 0.349 e. The highest BCUT2D eigenvalue weighted by molar-refractivity contribution is 14.0. The molecule has 154 valence electrons. The third-order valence-corrected chi connectivity index (χ3v) is 4.91. The van der Waals surface area contributed by atoms with Crippen LogP contribution in [0.15, 0.2) is 33.8 Å². The molecule has 8 heteroatoms. The predicted octanol–water partition coefficient (Wildman–Crippen LogP) is 3.01. The zero-order valence-corrected chi connectivity index (χ0v) is 19.5. The molecule has 2 heterocycles. The van der Waals surface area contributed by atoms with Crippen molar-refractivity contribution in [2.45, 2.75) is 39.8 Å². The van der Waals surface area contributed by atoms with Crippen LogP contribution in [0.25, 0.3) is 0 Å². The molecule has 0 aliphatic carbocycles. The minimum atomic E-state index is 0. The summed E-state index contributed by atoms with van der Waals surface area (Å²) >= 11 is 0. The van der Waals surface area contributed by atoms with Crippen molar-refractivity contribution in [1.82, 2.24) is 25.3 Å². The fourth-order valence-corrected chi connectivity index (χ4v) is 3.29. The van der Waals surface area contributed by atoms with Crippen LogP contribution < -0.4 is 5.32 Å². The topological polar surface area (TPSA) is 69.8 Å². The van der Waals surface area contributed by atoms with Gasteiger partial charge in [0.2, 0.25) is 5.89 Å². The molecule has 2 aromatic rings. The Balaban J connectivity index is 0.00000280. The first-order valence-electron chi connectivity index (χ1n) is 9.61. The van der Waals surface area contributed by atoms with Crippen LogP contribution in [0.4, 0.5) is 0 Å². The van der Waals surface area contributed by atoms with Gasteiger partial charge in [-0.05, 0) is 17.0 Å². The van der Waals surface area contributed by atoms with Gasteiger partial charge in [-0.3, -0.25) is 9.89 Å². The van der Waals surface area contributed by atoms with Crippen molar-refractivity contribution in [2.75, 3.05) is 33.2 Å². The molecule has 7 nitrogen and oxygen atoms in total. The van der Waals surface area contributed by atoms with E-state index in [9.17, 15) is 0 Å². The van der Waals surface area contributed by atoms with Crippen molar-refractivity contribution < 1.29 is 4.52 Å². The van der Waals surface area contributed by atoms with Gasteiger partial charge >= 0.3 is 0 Å². The number of piperazine rings is 1. The Labute approximate surface area is 184 Å². The molecule has 1 aliphatic heterocycles. The van der Waals surface area contributed by atoms with E-state index in [-0.39, 0.29) is 24.0 Å². The molecule has 1 N–H and O–H groups in total. The summed E-state index contributed by atoms with van der Waals surface area (Å²) in [4.78, 5) is 13.4. The molecule has 1 aliphatic rings. The Morgan fingerprint density at radius 1 is 1.18 bits per heavy atom. The van der Waals surface area contributed by atoms with Gasteiger partial charge in [0.05, 0.1) is 6.54 Å². The highest BCUT2D eigenvalue weighted by Crippen LogP contribution is 2.16. The smallest absolute Gasteiger partial charge is 0.223 e. The summed E-state index contributed by atoms with van der Waals surface area (Å²) in [7, 11) is 1.81. The Hall–Kier alpha value is -1.68. The van der Waals surface area contributed by atoms with Crippen LogP contribution in [0.1, 0.15) is 42.6 Å². The van der Waals surface area contributed by atoms with Crippen LogP contribution in [-0.2, 0) is 13.1 Å². The monoisotopic (exact) mass is 498 g/mol. The van der Waals surface area contributed by atoms with E-state index in [4.69, 9.17) is 4.52 Å². The van der Waals surface area contributed by atoms with Gasteiger partial charge in [0, 0.05) is 46.7 Å². The molecule has 0 saturated carbocycles. The summed E-state index contributed by atoms with van der Waals surface area (Å²) in [6.07, 6.45) is 0. The summed E-state index contributed by atoms with van der Waals surface area (Å²) in [5.41, 5.74) is 2.78. The minimum absolute atomic E-state index is 0. The van der Waals surface area contributed by atoms with E-state index in [0.29, 0.717) is 24.2 Å².